The van der Waals surface area contributed by atoms with E-state index in [-0.39, 0.29) is 0 Å². The van der Waals surface area contributed by atoms with Crippen LogP contribution < -0.4 is 5.06 Å². The SMILES string of the molecule is CCCn1cc(N([O])C(C)(C)C)cn1. The third-order valence-electron chi connectivity index (χ3n) is 1.92. The van der Waals surface area contributed by atoms with E-state index in [0.717, 1.165) is 18.0 Å². The molecule has 0 aliphatic heterocycles. The molecule has 1 aromatic rings. The normalized spacial score (nSPS) is 11.8. The van der Waals surface area contributed by atoms with E-state index in [1.165, 1.54) is 0 Å². The summed E-state index contributed by atoms with van der Waals surface area (Å²) < 4.78 is 1.80. The van der Waals surface area contributed by atoms with Crippen molar-refractivity contribution in [3.63, 3.8) is 0 Å². The van der Waals surface area contributed by atoms with Crippen molar-refractivity contribution < 1.29 is 5.21 Å². The van der Waals surface area contributed by atoms with Crippen LogP contribution in [0.15, 0.2) is 12.4 Å². The van der Waals surface area contributed by atoms with E-state index in [9.17, 15) is 5.21 Å². The Morgan fingerprint density at radius 2 is 2.14 bits per heavy atom. The van der Waals surface area contributed by atoms with Gasteiger partial charge in [0.15, 0.2) is 0 Å². The van der Waals surface area contributed by atoms with Crippen LogP contribution in [0.3, 0.4) is 0 Å². The molecule has 4 nitrogen and oxygen atoms in total. The molecule has 0 amide bonds. The van der Waals surface area contributed by atoms with E-state index in [1.807, 2.05) is 20.8 Å². The highest BCUT2D eigenvalue weighted by Gasteiger charge is 2.22. The second-order valence-electron chi connectivity index (χ2n) is 4.43. The van der Waals surface area contributed by atoms with Crippen LogP contribution in [0, 0.1) is 0 Å². The third-order valence-corrected chi connectivity index (χ3v) is 1.92. The topological polar surface area (TPSA) is 41.0 Å². The monoisotopic (exact) mass is 196 g/mol. The average Bonchev–Trinajstić information content (AvgIpc) is 2.50. The first-order valence-corrected chi connectivity index (χ1v) is 4.95. The van der Waals surface area contributed by atoms with Crippen molar-refractivity contribution in [2.75, 3.05) is 5.06 Å². The maximum absolute atomic E-state index is 11.7. The number of hydrogen-bond acceptors (Lipinski definition) is 2. The molecule has 0 bridgehead atoms. The Balaban J connectivity index is 2.76. The van der Waals surface area contributed by atoms with Gasteiger partial charge in [-0.15, -0.1) is 0 Å². The first kappa shape index (κ1) is 11.0. The summed E-state index contributed by atoms with van der Waals surface area (Å²) in [6.07, 6.45) is 4.44. The van der Waals surface area contributed by atoms with Gasteiger partial charge in [-0.05, 0) is 27.2 Å². The van der Waals surface area contributed by atoms with Crippen molar-refractivity contribution in [3.05, 3.63) is 12.4 Å². The summed E-state index contributed by atoms with van der Waals surface area (Å²) >= 11 is 0. The largest absolute Gasteiger partial charge is 0.271 e. The van der Waals surface area contributed by atoms with E-state index < -0.39 is 5.54 Å². The highest BCUT2D eigenvalue weighted by atomic mass is 16.5. The molecular formula is C10H18N3O. The Hall–Kier alpha value is -1.03. The van der Waals surface area contributed by atoms with E-state index in [1.54, 1.807) is 17.1 Å². The van der Waals surface area contributed by atoms with Gasteiger partial charge in [0.1, 0.15) is 5.69 Å². The molecule has 0 N–H and O–H groups in total. The number of anilines is 1. The van der Waals surface area contributed by atoms with Gasteiger partial charge in [-0.2, -0.15) is 5.10 Å². The molecule has 1 heterocycles. The predicted molar refractivity (Wildman–Crippen MR) is 55.4 cm³/mol. The predicted octanol–water partition coefficient (Wildman–Crippen LogP) is 2.24. The van der Waals surface area contributed by atoms with E-state index in [4.69, 9.17) is 0 Å². The van der Waals surface area contributed by atoms with Gasteiger partial charge in [0.25, 0.3) is 0 Å². The fraction of sp³-hybridized carbons (Fsp3) is 0.700. The lowest BCUT2D eigenvalue weighted by Gasteiger charge is -2.27. The summed E-state index contributed by atoms with van der Waals surface area (Å²) in [5.41, 5.74) is 0.228. The van der Waals surface area contributed by atoms with Gasteiger partial charge in [-0.1, -0.05) is 12.1 Å². The minimum Gasteiger partial charge on any atom is -0.271 e. The minimum atomic E-state index is -0.403. The number of aryl methyl sites for hydroxylation is 1. The summed E-state index contributed by atoms with van der Waals surface area (Å²) in [5, 5.41) is 16.9. The van der Waals surface area contributed by atoms with Crippen LogP contribution in [0.1, 0.15) is 34.1 Å². The van der Waals surface area contributed by atoms with Crippen LogP contribution >= 0.6 is 0 Å². The van der Waals surface area contributed by atoms with Crippen LogP contribution in [-0.4, -0.2) is 15.3 Å². The van der Waals surface area contributed by atoms with Gasteiger partial charge < -0.3 is 0 Å². The third kappa shape index (κ3) is 2.48. The Morgan fingerprint density at radius 1 is 1.50 bits per heavy atom. The van der Waals surface area contributed by atoms with E-state index >= 15 is 0 Å². The van der Waals surface area contributed by atoms with Crippen molar-refractivity contribution in [1.82, 2.24) is 9.78 Å². The van der Waals surface area contributed by atoms with Crippen molar-refractivity contribution >= 4 is 5.69 Å². The zero-order chi connectivity index (χ0) is 10.8. The number of aromatic nitrogens is 2. The highest BCUT2D eigenvalue weighted by Crippen LogP contribution is 2.20. The van der Waals surface area contributed by atoms with E-state index in [0.29, 0.717) is 5.69 Å². The van der Waals surface area contributed by atoms with Gasteiger partial charge in [-0.3, -0.25) is 4.68 Å². The molecule has 1 radical (unpaired) electrons. The molecule has 1 rings (SSSR count). The molecule has 0 atom stereocenters. The van der Waals surface area contributed by atoms with Gasteiger partial charge >= 0.3 is 0 Å². The number of hydroxylamine groups is 1. The van der Waals surface area contributed by atoms with E-state index in [2.05, 4.69) is 12.0 Å². The van der Waals surface area contributed by atoms with Crippen LogP contribution in [0.2, 0.25) is 0 Å². The van der Waals surface area contributed by atoms with Crippen molar-refractivity contribution in [2.45, 2.75) is 46.2 Å². The molecule has 0 unspecified atom stereocenters. The number of nitrogens with zero attached hydrogens (tertiary/aromatic N) is 3. The van der Waals surface area contributed by atoms with Gasteiger partial charge in [0.05, 0.1) is 17.9 Å². The van der Waals surface area contributed by atoms with Gasteiger partial charge in [0, 0.05) is 6.54 Å². The fourth-order valence-electron chi connectivity index (χ4n) is 1.20. The molecule has 0 aliphatic rings. The summed E-state index contributed by atoms with van der Waals surface area (Å²) in [5.74, 6) is 0. The molecule has 0 fully saturated rings. The molecule has 0 aromatic carbocycles. The number of hydrogen-bond donors (Lipinski definition) is 0. The van der Waals surface area contributed by atoms with Gasteiger partial charge in [-0.25, -0.2) is 5.06 Å². The van der Waals surface area contributed by atoms with Crippen LogP contribution in [0.5, 0.6) is 0 Å². The fourth-order valence-corrected chi connectivity index (χ4v) is 1.20. The second-order valence-corrected chi connectivity index (χ2v) is 4.43. The average molecular weight is 196 g/mol. The molecular weight excluding hydrogens is 178 g/mol. The zero-order valence-corrected chi connectivity index (χ0v) is 9.32. The second kappa shape index (κ2) is 4.00. The van der Waals surface area contributed by atoms with Crippen LogP contribution in [-0.2, 0) is 11.8 Å². The maximum Gasteiger partial charge on any atom is 0.105 e. The quantitative estimate of drug-likeness (QED) is 0.696. The van der Waals surface area contributed by atoms with Crippen molar-refractivity contribution in [3.8, 4) is 0 Å². The van der Waals surface area contributed by atoms with Crippen LogP contribution in [0.25, 0.3) is 0 Å². The number of rotatable bonds is 3. The zero-order valence-electron chi connectivity index (χ0n) is 9.32. The summed E-state index contributed by atoms with van der Waals surface area (Å²) in [7, 11) is 0. The molecule has 1 aromatic heterocycles. The smallest absolute Gasteiger partial charge is 0.105 e. The lowest BCUT2D eigenvalue weighted by atomic mass is 10.1. The first-order valence-electron chi connectivity index (χ1n) is 4.95. The Kier molecular flexibility index (Phi) is 3.16. The van der Waals surface area contributed by atoms with Crippen molar-refractivity contribution in [1.29, 1.82) is 0 Å². The molecule has 0 spiro atoms. The molecule has 0 saturated heterocycles. The Labute approximate surface area is 85.1 Å². The summed E-state index contributed by atoms with van der Waals surface area (Å²) in [4.78, 5) is 0. The maximum atomic E-state index is 11.7. The molecule has 4 heteroatoms. The van der Waals surface area contributed by atoms with Gasteiger partial charge in [0.2, 0.25) is 0 Å². The molecule has 79 valence electrons. The molecule has 0 saturated carbocycles. The highest BCUT2D eigenvalue weighted by molar-refractivity contribution is 5.40. The molecule has 14 heavy (non-hydrogen) atoms. The van der Waals surface area contributed by atoms with Crippen molar-refractivity contribution in [2.24, 2.45) is 0 Å². The summed E-state index contributed by atoms with van der Waals surface area (Å²) in [6.45, 7) is 8.60. The Morgan fingerprint density at radius 3 is 2.64 bits per heavy atom. The lowest BCUT2D eigenvalue weighted by Crippen LogP contribution is -2.37. The molecule has 0 aliphatic carbocycles. The lowest BCUT2D eigenvalue weighted by molar-refractivity contribution is 0.102. The summed E-state index contributed by atoms with van der Waals surface area (Å²) in [6, 6.07) is 0. The standard InChI is InChI=1S/C10H18N3O/c1-5-6-12-8-9(7-11-12)13(14)10(2,3)4/h7-8H,5-6H2,1-4H3. The Bertz CT molecular complexity index is 288. The van der Waals surface area contributed by atoms with Crippen LogP contribution in [0.4, 0.5) is 5.69 Å². The minimum absolute atomic E-state index is 0.403. The first-order chi connectivity index (χ1) is 6.45.